The van der Waals surface area contributed by atoms with Gasteiger partial charge in [-0.3, -0.25) is 0 Å². The quantitative estimate of drug-likeness (QED) is 0.790. The van der Waals surface area contributed by atoms with E-state index < -0.39 is 0 Å². The van der Waals surface area contributed by atoms with E-state index in [1.54, 1.807) is 14.2 Å². The maximum absolute atomic E-state index is 5.43. The lowest BCUT2D eigenvalue weighted by molar-refractivity contribution is 0.397. The molecule has 0 aliphatic carbocycles. The zero-order valence-electron chi connectivity index (χ0n) is 11.7. The van der Waals surface area contributed by atoms with Crippen molar-refractivity contribution < 1.29 is 9.47 Å². The fraction of sp³-hybridized carbons (Fsp3) is 0.188. The molecule has 0 amide bonds. The highest BCUT2D eigenvalue weighted by atomic mass is 16.5. The van der Waals surface area contributed by atoms with Gasteiger partial charge in [0.1, 0.15) is 22.9 Å². The summed E-state index contributed by atoms with van der Waals surface area (Å²) in [6, 6.07) is 11.8. The lowest BCUT2D eigenvalue weighted by atomic mass is 10.1. The van der Waals surface area contributed by atoms with Crippen molar-refractivity contribution in [3.05, 3.63) is 42.0 Å². The topological polar surface area (TPSA) is 47.1 Å². The van der Waals surface area contributed by atoms with Crippen molar-refractivity contribution in [1.29, 1.82) is 0 Å². The molecule has 0 unspecified atom stereocenters. The van der Waals surface area contributed by atoms with E-state index in [4.69, 9.17) is 9.47 Å². The molecule has 0 aliphatic heterocycles. The van der Waals surface area contributed by atoms with Gasteiger partial charge in [0.2, 0.25) is 0 Å². The summed E-state index contributed by atoms with van der Waals surface area (Å²) >= 11 is 0. The van der Waals surface area contributed by atoms with Crippen LogP contribution in [0.3, 0.4) is 0 Å². The smallest absolute Gasteiger partial charge is 0.146 e. The number of nitrogens with zero attached hydrogens (tertiary/aromatic N) is 1. The third-order valence-corrected chi connectivity index (χ3v) is 3.38. The Balaban J connectivity index is 2.27. The van der Waals surface area contributed by atoms with Gasteiger partial charge in [-0.25, -0.2) is 4.98 Å². The number of imidazole rings is 1. The Kier molecular flexibility index (Phi) is 3.06. The minimum Gasteiger partial charge on any atom is -0.496 e. The highest BCUT2D eigenvalue weighted by Gasteiger charge is 2.16. The second kappa shape index (κ2) is 4.89. The maximum atomic E-state index is 5.43. The maximum Gasteiger partial charge on any atom is 0.146 e. The van der Waals surface area contributed by atoms with Crippen molar-refractivity contribution in [3.8, 4) is 22.9 Å². The number of ether oxygens (including phenoxy) is 2. The first-order valence-electron chi connectivity index (χ1n) is 6.41. The van der Waals surface area contributed by atoms with E-state index >= 15 is 0 Å². The number of aromatic amines is 1. The average Bonchev–Trinajstić information content (AvgIpc) is 2.91. The van der Waals surface area contributed by atoms with E-state index in [-0.39, 0.29) is 0 Å². The Morgan fingerprint density at radius 3 is 2.20 bits per heavy atom. The van der Waals surface area contributed by atoms with Gasteiger partial charge < -0.3 is 14.5 Å². The fourth-order valence-corrected chi connectivity index (χ4v) is 2.38. The number of rotatable bonds is 3. The standard InChI is InChI=1S/C16H16N2O2/c1-10-6-4-7-11-15(10)18-16(17-11)14-12(19-2)8-5-9-13(14)20-3/h4-9H,1-3H3,(H,17,18). The molecule has 1 N–H and O–H groups in total. The van der Waals surface area contributed by atoms with Gasteiger partial charge in [0.25, 0.3) is 0 Å². The number of hydrogen-bond donors (Lipinski definition) is 1. The minimum atomic E-state index is 0.737. The summed E-state index contributed by atoms with van der Waals surface area (Å²) in [5.74, 6) is 2.23. The number of H-pyrrole nitrogens is 1. The molecule has 0 saturated heterocycles. The molecule has 0 bridgehead atoms. The highest BCUT2D eigenvalue weighted by Crippen LogP contribution is 2.37. The Labute approximate surface area is 117 Å². The molecule has 0 fully saturated rings. The van der Waals surface area contributed by atoms with Crippen molar-refractivity contribution in [3.63, 3.8) is 0 Å². The molecule has 1 aromatic heterocycles. The molecule has 20 heavy (non-hydrogen) atoms. The Morgan fingerprint density at radius 2 is 1.60 bits per heavy atom. The van der Waals surface area contributed by atoms with Crippen LogP contribution in [-0.2, 0) is 0 Å². The zero-order valence-corrected chi connectivity index (χ0v) is 11.7. The molecule has 3 rings (SSSR count). The Morgan fingerprint density at radius 1 is 0.950 bits per heavy atom. The van der Waals surface area contributed by atoms with Crippen LogP contribution in [0, 0.1) is 6.92 Å². The van der Waals surface area contributed by atoms with Crippen molar-refractivity contribution in [2.45, 2.75) is 6.92 Å². The molecule has 4 nitrogen and oxygen atoms in total. The van der Waals surface area contributed by atoms with E-state index in [0.29, 0.717) is 0 Å². The van der Waals surface area contributed by atoms with Gasteiger partial charge in [0.15, 0.2) is 0 Å². The second-order valence-corrected chi connectivity index (χ2v) is 4.59. The SMILES string of the molecule is COc1cccc(OC)c1-c1nc2c(C)cccc2[nH]1. The number of nitrogens with one attached hydrogen (secondary N) is 1. The third kappa shape index (κ3) is 1.90. The van der Waals surface area contributed by atoms with Crippen molar-refractivity contribution >= 4 is 11.0 Å². The number of benzene rings is 2. The van der Waals surface area contributed by atoms with E-state index in [0.717, 1.165) is 39.5 Å². The number of hydrogen-bond acceptors (Lipinski definition) is 3. The van der Waals surface area contributed by atoms with Crippen LogP contribution in [0.5, 0.6) is 11.5 Å². The average molecular weight is 268 g/mol. The summed E-state index contributed by atoms with van der Waals surface area (Å²) in [5, 5.41) is 0. The van der Waals surface area contributed by atoms with Crippen molar-refractivity contribution in [1.82, 2.24) is 9.97 Å². The molecule has 0 saturated carbocycles. The summed E-state index contributed by atoms with van der Waals surface area (Å²) in [5.41, 5.74) is 3.95. The predicted molar refractivity (Wildman–Crippen MR) is 79.4 cm³/mol. The van der Waals surface area contributed by atoms with E-state index in [2.05, 4.69) is 9.97 Å². The van der Waals surface area contributed by atoms with E-state index in [1.807, 2.05) is 43.3 Å². The summed E-state index contributed by atoms with van der Waals surface area (Å²) in [4.78, 5) is 8.02. The van der Waals surface area contributed by atoms with Crippen LogP contribution < -0.4 is 9.47 Å². The number of fused-ring (bicyclic) bond motifs is 1. The lowest BCUT2D eigenvalue weighted by Gasteiger charge is -2.10. The van der Waals surface area contributed by atoms with Crippen LogP contribution in [0.2, 0.25) is 0 Å². The molecular formula is C16H16N2O2. The summed E-state index contributed by atoms with van der Waals surface area (Å²) < 4.78 is 10.9. The number of methoxy groups -OCH3 is 2. The van der Waals surface area contributed by atoms with Gasteiger partial charge in [-0.1, -0.05) is 18.2 Å². The molecule has 0 atom stereocenters. The van der Waals surface area contributed by atoms with Gasteiger partial charge in [0.05, 0.1) is 25.3 Å². The molecule has 2 aromatic carbocycles. The largest absolute Gasteiger partial charge is 0.496 e. The normalized spacial score (nSPS) is 10.8. The first-order valence-corrected chi connectivity index (χ1v) is 6.41. The molecule has 4 heteroatoms. The summed E-state index contributed by atoms with van der Waals surface area (Å²) in [7, 11) is 3.29. The lowest BCUT2D eigenvalue weighted by Crippen LogP contribution is -1.94. The predicted octanol–water partition coefficient (Wildman–Crippen LogP) is 3.56. The van der Waals surface area contributed by atoms with Crippen LogP contribution >= 0.6 is 0 Å². The van der Waals surface area contributed by atoms with Crippen LogP contribution in [0.1, 0.15) is 5.56 Å². The van der Waals surface area contributed by atoms with Gasteiger partial charge >= 0.3 is 0 Å². The molecule has 0 radical (unpaired) electrons. The minimum absolute atomic E-state index is 0.737. The Bertz CT molecular complexity index is 740. The molecule has 0 aliphatic rings. The summed E-state index contributed by atoms with van der Waals surface area (Å²) in [6.07, 6.45) is 0. The molecule has 3 aromatic rings. The van der Waals surface area contributed by atoms with Gasteiger partial charge in [-0.15, -0.1) is 0 Å². The van der Waals surface area contributed by atoms with E-state index in [1.165, 1.54) is 0 Å². The molecule has 1 heterocycles. The van der Waals surface area contributed by atoms with Gasteiger partial charge in [-0.05, 0) is 30.7 Å². The number of aryl methyl sites for hydroxylation is 1. The summed E-state index contributed by atoms with van der Waals surface area (Å²) in [6.45, 7) is 2.05. The molecule has 102 valence electrons. The van der Waals surface area contributed by atoms with Crippen LogP contribution in [0.25, 0.3) is 22.4 Å². The monoisotopic (exact) mass is 268 g/mol. The number of para-hydroxylation sites is 1. The van der Waals surface area contributed by atoms with Crippen molar-refractivity contribution in [2.75, 3.05) is 14.2 Å². The van der Waals surface area contributed by atoms with E-state index in [9.17, 15) is 0 Å². The molecule has 0 spiro atoms. The van der Waals surface area contributed by atoms with Crippen LogP contribution in [0.4, 0.5) is 0 Å². The van der Waals surface area contributed by atoms with Crippen molar-refractivity contribution in [2.24, 2.45) is 0 Å². The van der Waals surface area contributed by atoms with Crippen LogP contribution in [0.15, 0.2) is 36.4 Å². The first-order chi connectivity index (χ1) is 9.74. The highest BCUT2D eigenvalue weighted by molar-refractivity contribution is 5.84. The molecular weight excluding hydrogens is 252 g/mol. The van der Waals surface area contributed by atoms with Crippen LogP contribution in [-0.4, -0.2) is 24.2 Å². The second-order valence-electron chi connectivity index (χ2n) is 4.59. The van der Waals surface area contributed by atoms with Gasteiger partial charge in [-0.2, -0.15) is 0 Å². The van der Waals surface area contributed by atoms with Gasteiger partial charge in [0, 0.05) is 0 Å². The fourth-order valence-electron chi connectivity index (χ4n) is 2.38. The Hall–Kier alpha value is -2.49. The number of aromatic nitrogens is 2. The third-order valence-electron chi connectivity index (χ3n) is 3.38. The first kappa shape index (κ1) is 12.5. The zero-order chi connectivity index (χ0) is 14.1.